The van der Waals surface area contributed by atoms with Gasteiger partial charge in [-0.3, -0.25) is 4.90 Å². The second-order valence-electron chi connectivity index (χ2n) is 5.14. The molecule has 0 bridgehead atoms. The number of anilines is 1. The van der Waals surface area contributed by atoms with Gasteiger partial charge in [-0.2, -0.15) is 0 Å². The predicted octanol–water partition coefficient (Wildman–Crippen LogP) is 0.465. The number of rotatable bonds is 2. The van der Waals surface area contributed by atoms with E-state index in [1.165, 1.54) is 43.3 Å². The van der Waals surface area contributed by atoms with E-state index in [1.807, 2.05) is 0 Å². The second-order valence-corrected chi connectivity index (χ2v) is 7.94. The Balaban J connectivity index is 1.74. The van der Waals surface area contributed by atoms with Gasteiger partial charge in [0.15, 0.2) is 9.34 Å². The van der Waals surface area contributed by atoms with Gasteiger partial charge in [0.1, 0.15) is 0 Å². The first-order valence-electron chi connectivity index (χ1n) is 6.52. The van der Waals surface area contributed by atoms with Crippen LogP contribution in [-0.4, -0.2) is 50.5 Å². The first kappa shape index (κ1) is 13.3. The lowest BCUT2D eigenvalue weighted by atomic mass is 10.00. The lowest BCUT2D eigenvalue weighted by molar-refractivity contribution is 0.133. The van der Waals surface area contributed by atoms with Gasteiger partial charge in [-0.1, -0.05) is 17.8 Å². The molecule has 2 N–H and O–H groups in total. The summed E-state index contributed by atoms with van der Waals surface area (Å²) in [4.78, 5) is 8.93. The van der Waals surface area contributed by atoms with E-state index in [4.69, 9.17) is 5.14 Å². The minimum atomic E-state index is -3.63. The third-order valence-corrected chi connectivity index (χ3v) is 6.33. The van der Waals surface area contributed by atoms with E-state index in [-0.39, 0.29) is 4.21 Å². The monoisotopic (exact) mass is 302 g/mol. The van der Waals surface area contributed by atoms with Crippen molar-refractivity contribution in [3.05, 3.63) is 6.20 Å². The molecule has 1 atom stereocenters. The zero-order valence-electron chi connectivity index (χ0n) is 10.7. The normalized spacial score (nSPS) is 25.3. The smallest absolute Gasteiger partial charge is 0.249 e. The maximum Gasteiger partial charge on any atom is 0.249 e. The van der Waals surface area contributed by atoms with Crippen molar-refractivity contribution in [3.8, 4) is 0 Å². The number of hydrogen-bond donors (Lipinski definition) is 1. The molecule has 0 aromatic carbocycles. The van der Waals surface area contributed by atoms with E-state index < -0.39 is 10.0 Å². The minimum Gasteiger partial charge on any atom is -0.345 e. The topological polar surface area (TPSA) is 79.5 Å². The fraction of sp³-hybridized carbons (Fsp3) is 0.727. The van der Waals surface area contributed by atoms with Crippen LogP contribution in [0.3, 0.4) is 0 Å². The number of hydrogen-bond acceptors (Lipinski definition) is 6. The average Bonchev–Trinajstić information content (AvgIpc) is 2.87. The molecule has 0 amide bonds. The van der Waals surface area contributed by atoms with Crippen molar-refractivity contribution >= 4 is 26.5 Å². The fourth-order valence-electron chi connectivity index (χ4n) is 2.86. The summed E-state index contributed by atoms with van der Waals surface area (Å²) >= 11 is 1.17. The molecule has 1 unspecified atom stereocenters. The highest BCUT2D eigenvalue weighted by Gasteiger charge is 2.30. The second kappa shape index (κ2) is 5.01. The van der Waals surface area contributed by atoms with Crippen molar-refractivity contribution in [2.75, 3.05) is 31.1 Å². The molecule has 8 heteroatoms. The van der Waals surface area contributed by atoms with Crippen LogP contribution >= 0.6 is 11.3 Å². The van der Waals surface area contributed by atoms with E-state index in [9.17, 15) is 8.42 Å². The first-order chi connectivity index (χ1) is 9.04. The van der Waals surface area contributed by atoms with Crippen LogP contribution in [0.4, 0.5) is 5.13 Å². The van der Waals surface area contributed by atoms with Crippen LogP contribution < -0.4 is 10.0 Å². The molecular formula is C11H18N4O2S2. The van der Waals surface area contributed by atoms with Gasteiger partial charge in [-0.15, -0.1) is 0 Å². The van der Waals surface area contributed by atoms with Crippen molar-refractivity contribution in [3.63, 3.8) is 0 Å². The summed E-state index contributed by atoms with van der Waals surface area (Å²) in [5.41, 5.74) is 0. The van der Waals surface area contributed by atoms with E-state index in [2.05, 4.69) is 14.8 Å². The molecule has 0 aliphatic carbocycles. The van der Waals surface area contributed by atoms with Crippen LogP contribution in [0, 0.1) is 0 Å². The minimum absolute atomic E-state index is 0.147. The molecule has 3 rings (SSSR count). The van der Waals surface area contributed by atoms with E-state index in [0.717, 1.165) is 24.8 Å². The Morgan fingerprint density at radius 1 is 1.32 bits per heavy atom. The SMILES string of the molecule is NS(=O)(=O)c1cnc(N2CCN3CCCCC3C2)s1. The van der Waals surface area contributed by atoms with Crippen molar-refractivity contribution in [2.45, 2.75) is 29.5 Å². The number of fused-ring (bicyclic) bond motifs is 1. The highest BCUT2D eigenvalue weighted by atomic mass is 32.2. The molecule has 2 saturated heterocycles. The quantitative estimate of drug-likeness (QED) is 0.859. The third-order valence-electron chi connectivity index (χ3n) is 3.86. The molecule has 3 heterocycles. The van der Waals surface area contributed by atoms with Crippen LogP contribution in [-0.2, 0) is 10.0 Å². The van der Waals surface area contributed by atoms with Crippen molar-refractivity contribution in [1.82, 2.24) is 9.88 Å². The van der Waals surface area contributed by atoms with Crippen LogP contribution in [0.2, 0.25) is 0 Å². The van der Waals surface area contributed by atoms with Crippen molar-refractivity contribution in [1.29, 1.82) is 0 Å². The number of primary sulfonamides is 1. The Labute approximate surface area is 117 Å². The molecule has 2 aliphatic rings. The summed E-state index contributed by atoms with van der Waals surface area (Å²) < 4.78 is 22.7. The summed E-state index contributed by atoms with van der Waals surface area (Å²) in [5.74, 6) is 0. The van der Waals surface area contributed by atoms with Crippen LogP contribution in [0.1, 0.15) is 19.3 Å². The Hall–Kier alpha value is -0.700. The zero-order valence-corrected chi connectivity index (χ0v) is 12.3. The molecule has 0 saturated carbocycles. The van der Waals surface area contributed by atoms with E-state index in [0.29, 0.717) is 6.04 Å². The molecule has 0 spiro atoms. The summed E-state index contributed by atoms with van der Waals surface area (Å²) in [5, 5.41) is 5.89. The highest BCUT2D eigenvalue weighted by Crippen LogP contribution is 2.29. The average molecular weight is 302 g/mol. The Morgan fingerprint density at radius 3 is 2.89 bits per heavy atom. The lowest BCUT2D eigenvalue weighted by Gasteiger charge is -2.43. The van der Waals surface area contributed by atoms with Crippen LogP contribution in [0.15, 0.2) is 10.4 Å². The maximum absolute atomic E-state index is 11.3. The lowest BCUT2D eigenvalue weighted by Crippen LogP contribution is -2.54. The number of aromatic nitrogens is 1. The van der Waals surface area contributed by atoms with Crippen LogP contribution in [0.25, 0.3) is 0 Å². The third kappa shape index (κ3) is 2.76. The van der Waals surface area contributed by atoms with Gasteiger partial charge in [0.05, 0.1) is 6.20 Å². The van der Waals surface area contributed by atoms with Crippen molar-refractivity contribution < 1.29 is 8.42 Å². The number of nitrogens with zero attached hydrogens (tertiary/aromatic N) is 3. The van der Waals surface area contributed by atoms with Gasteiger partial charge in [0, 0.05) is 25.7 Å². The van der Waals surface area contributed by atoms with Gasteiger partial charge in [0.2, 0.25) is 10.0 Å². The van der Waals surface area contributed by atoms with Gasteiger partial charge < -0.3 is 4.90 Å². The molecule has 0 radical (unpaired) electrons. The summed E-state index contributed by atoms with van der Waals surface area (Å²) in [7, 11) is -3.63. The van der Waals surface area contributed by atoms with Gasteiger partial charge in [-0.05, 0) is 19.4 Å². The largest absolute Gasteiger partial charge is 0.345 e. The summed E-state index contributed by atoms with van der Waals surface area (Å²) in [6.45, 7) is 4.08. The first-order valence-corrected chi connectivity index (χ1v) is 8.88. The number of piperazine rings is 1. The number of thiazole rings is 1. The van der Waals surface area contributed by atoms with Gasteiger partial charge in [-0.25, -0.2) is 18.5 Å². The fourth-order valence-corrected chi connectivity index (χ4v) is 4.43. The Morgan fingerprint density at radius 2 is 2.16 bits per heavy atom. The summed E-state index contributed by atoms with van der Waals surface area (Å²) in [6, 6.07) is 0.587. The van der Waals surface area contributed by atoms with Crippen molar-refractivity contribution in [2.24, 2.45) is 5.14 Å². The predicted molar refractivity (Wildman–Crippen MR) is 74.9 cm³/mol. The molecule has 2 fully saturated rings. The molecule has 6 nitrogen and oxygen atoms in total. The number of piperidine rings is 1. The zero-order chi connectivity index (χ0) is 13.5. The molecule has 2 aliphatic heterocycles. The number of sulfonamides is 1. The molecular weight excluding hydrogens is 284 g/mol. The number of nitrogens with two attached hydrogens (primary N) is 1. The molecule has 1 aromatic heterocycles. The maximum atomic E-state index is 11.3. The highest BCUT2D eigenvalue weighted by molar-refractivity contribution is 7.91. The van der Waals surface area contributed by atoms with Crippen LogP contribution in [0.5, 0.6) is 0 Å². The standard InChI is InChI=1S/C11H18N4O2S2/c12-19(16,17)10-7-13-11(18-10)15-6-5-14-4-2-1-3-9(14)8-15/h7,9H,1-6,8H2,(H2,12,16,17). The van der Waals surface area contributed by atoms with Gasteiger partial charge in [0.25, 0.3) is 0 Å². The molecule has 106 valence electrons. The van der Waals surface area contributed by atoms with Gasteiger partial charge >= 0.3 is 0 Å². The van der Waals surface area contributed by atoms with E-state index in [1.54, 1.807) is 0 Å². The summed E-state index contributed by atoms with van der Waals surface area (Å²) in [6.07, 6.45) is 5.17. The van der Waals surface area contributed by atoms with E-state index >= 15 is 0 Å². The molecule has 19 heavy (non-hydrogen) atoms. The Kier molecular flexibility index (Phi) is 3.50. The Bertz CT molecular complexity index is 557. The molecule has 1 aromatic rings.